The fourth-order valence-electron chi connectivity index (χ4n) is 3.56. The predicted octanol–water partition coefficient (Wildman–Crippen LogP) is 5.56. The molecule has 0 spiro atoms. The van der Waals surface area contributed by atoms with Gasteiger partial charge in [0.2, 0.25) is 0 Å². The number of benzene rings is 2. The second-order valence-corrected chi connectivity index (χ2v) is 8.61. The first-order valence-electron chi connectivity index (χ1n) is 10.5. The summed E-state index contributed by atoms with van der Waals surface area (Å²) in [7, 11) is 3.07. The molecule has 174 valence electrons. The number of hydrogen-bond acceptors (Lipinski definition) is 7. The number of ketones is 2. The van der Waals surface area contributed by atoms with Crippen LogP contribution in [-0.2, 0) is 22.4 Å². The third kappa shape index (κ3) is 5.40. The van der Waals surface area contributed by atoms with Crippen LogP contribution in [-0.4, -0.2) is 30.8 Å². The second-order valence-electron chi connectivity index (χ2n) is 7.58. The van der Waals surface area contributed by atoms with Gasteiger partial charge in [-0.25, -0.2) is 4.39 Å². The van der Waals surface area contributed by atoms with Crippen LogP contribution in [0.25, 0.3) is 10.9 Å². The average Bonchev–Trinajstić information content (AvgIpc) is 3.33. The van der Waals surface area contributed by atoms with Crippen molar-refractivity contribution in [1.29, 1.82) is 0 Å². The summed E-state index contributed by atoms with van der Waals surface area (Å²) in [5.74, 6) is 0.710. The summed E-state index contributed by atoms with van der Waals surface area (Å²) < 4.78 is 31.3. The Morgan fingerprint density at radius 2 is 1.71 bits per heavy atom. The van der Waals surface area contributed by atoms with Crippen LogP contribution in [0.1, 0.15) is 16.9 Å². The van der Waals surface area contributed by atoms with E-state index in [9.17, 15) is 14.0 Å². The smallest absolute Gasteiger partial charge is 0.162 e. The standard InChI is InChI=1S/C26H22FNO5S/c1-31-25-14-21-23(15-26(25)32-2)28-8-7-24(21)33-19-6-5-16(22(27)13-19)10-17(29)11-18(30)12-20-4-3-9-34-20/h3-9,13-15H,10-12H2,1-2H3. The van der Waals surface area contributed by atoms with Gasteiger partial charge in [-0.05, 0) is 35.2 Å². The van der Waals surface area contributed by atoms with Crippen molar-refractivity contribution in [2.24, 2.45) is 0 Å². The molecule has 4 aromatic rings. The summed E-state index contributed by atoms with van der Waals surface area (Å²) in [6.45, 7) is 0. The lowest BCUT2D eigenvalue weighted by atomic mass is 10.0. The van der Waals surface area contributed by atoms with E-state index in [1.807, 2.05) is 17.5 Å². The number of rotatable bonds is 10. The van der Waals surface area contributed by atoms with Crippen molar-refractivity contribution in [3.05, 3.63) is 76.4 Å². The number of hydrogen-bond donors (Lipinski definition) is 0. The van der Waals surface area contributed by atoms with Gasteiger partial charge in [0.05, 0.1) is 26.2 Å². The number of Topliss-reactive ketones (excluding diaryl/α,β-unsaturated/α-hetero) is 2. The lowest BCUT2D eigenvalue weighted by molar-refractivity contribution is -0.126. The van der Waals surface area contributed by atoms with E-state index in [1.165, 1.54) is 30.6 Å². The monoisotopic (exact) mass is 479 g/mol. The van der Waals surface area contributed by atoms with Crippen LogP contribution in [0.5, 0.6) is 23.0 Å². The number of aromatic nitrogens is 1. The molecule has 8 heteroatoms. The number of thiophene rings is 1. The van der Waals surface area contributed by atoms with Gasteiger partial charge in [0.1, 0.15) is 28.9 Å². The molecule has 4 rings (SSSR count). The van der Waals surface area contributed by atoms with Gasteiger partial charge in [-0.3, -0.25) is 14.6 Å². The molecule has 0 aliphatic carbocycles. The van der Waals surface area contributed by atoms with E-state index in [-0.39, 0.29) is 42.1 Å². The van der Waals surface area contributed by atoms with E-state index < -0.39 is 5.82 Å². The Labute approximate surface area is 199 Å². The Bertz CT molecular complexity index is 1340. The first-order valence-corrected chi connectivity index (χ1v) is 11.4. The highest BCUT2D eigenvalue weighted by Gasteiger charge is 2.16. The van der Waals surface area contributed by atoms with Crippen molar-refractivity contribution in [3.63, 3.8) is 0 Å². The molecule has 0 saturated carbocycles. The molecule has 2 heterocycles. The van der Waals surface area contributed by atoms with Gasteiger partial charge in [-0.15, -0.1) is 11.3 Å². The van der Waals surface area contributed by atoms with Crippen LogP contribution >= 0.6 is 11.3 Å². The summed E-state index contributed by atoms with van der Waals surface area (Å²) in [6, 6.07) is 13.2. The van der Waals surface area contributed by atoms with Gasteiger partial charge in [0.15, 0.2) is 11.5 Å². The number of nitrogens with zero attached hydrogens (tertiary/aromatic N) is 1. The van der Waals surface area contributed by atoms with Gasteiger partial charge in [0, 0.05) is 41.4 Å². The fourth-order valence-corrected chi connectivity index (χ4v) is 4.30. The van der Waals surface area contributed by atoms with Crippen molar-refractivity contribution in [2.45, 2.75) is 19.3 Å². The Morgan fingerprint density at radius 1 is 0.941 bits per heavy atom. The lowest BCUT2D eigenvalue weighted by Crippen LogP contribution is -2.12. The van der Waals surface area contributed by atoms with Crippen LogP contribution in [0.2, 0.25) is 0 Å². The van der Waals surface area contributed by atoms with Crippen molar-refractivity contribution >= 4 is 33.8 Å². The molecule has 0 aliphatic heterocycles. The molecule has 0 unspecified atom stereocenters. The zero-order valence-corrected chi connectivity index (χ0v) is 19.5. The van der Waals surface area contributed by atoms with E-state index in [0.717, 1.165) is 4.88 Å². The van der Waals surface area contributed by atoms with Crippen LogP contribution in [0.4, 0.5) is 4.39 Å². The van der Waals surface area contributed by atoms with Crippen LogP contribution < -0.4 is 14.2 Å². The van der Waals surface area contributed by atoms with E-state index in [1.54, 1.807) is 37.6 Å². The van der Waals surface area contributed by atoms with E-state index in [0.29, 0.717) is 28.2 Å². The molecule has 34 heavy (non-hydrogen) atoms. The lowest BCUT2D eigenvalue weighted by Gasteiger charge is -2.13. The minimum atomic E-state index is -0.575. The van der Waals surface area contributed by atoms with E-state index in [2.05, 4.69) is 4.98 Å². The maximum Gasteiger partial charge on any atom is 0.162 e. The molecular weight excluding hydrogens is 457 g/mol. The molecule has 2 aromatic heterocycles. The number of fused-ring (bicyclic) bond motifs is 1. The number of methoxy groups -OCH3 is 2. The maximum atomic E-state index is 14.7. The van der Waals surface area contributed by atoms with Crippen LogP contribution in [0, 0.1) is 5.82 Å². The highest BCUT2D eigenvalue weighted by Crippen LogP contribution is 2.37. The highest BCUT2D eigenvalue weighted by molar-refractivity contribution is 7.10. The number of ether oxygens (including phenoxy) is 3. The fraction of sp³-hybridized carbons (Fsp3) is 0.192. The molecule has 2 aromatic carbocycles. The quantitative estimate of drug-likeness (QED) is 0.277. The number of carbonyl (C=O) groups excluding carboxylic acids is 2. The topological polar surface area (TPSA) is 74.7 Å². The third-order valence-corrected chi connectivity index (χ3v) is 6.07. The second kappa shape index (κ2) is 10.4. The summed E-state index contributed by atoms with van der Waals surface area (Å²) >= 11 is 1.47. The maximum absolute atomic E-state index is 14.7. The molecule has 0 saturated heterocycles. The zero-order chi connectivity index (χ0) is 24.1. The molecule has 0 bridgehead atoms. The third-order valence-electron chi connectivity index (χ3n) is 5.19. The molecule has 0 fully saturated rings. The van der Waals surface area contributed by atoms with Gasteiger partial charge in [-0.1, -0.05) is 12.1 Å². The summed E-state index contributed by atoms with van der Waals surface area (Å²) in [6.07, 6.45) is 1.43. The first-order chi connectivity index (χ1) is 16.5. The highest BCUT2D eigenvalue weighted by atomic mass is 32.1. The van der Waals surface area contributed by atoms with E-state index in [4.69, 9.17) is 14.2 Å². The summed E-state index contributed by atoms with van der Waals surface area (Å²) in [5.41, 5.74) is 0.845. The SMILES string of the molecule is COc1cc2nccc(Oc3ccc(CC(=O)CC(=O)Cc4cccs4)c(F)c3)c2cc1OC. The normalized spacial score (nSPS) is 10.8. The Hall–Kier alpha value is -3.78. The van der Waals surface area contributed by atoms with Crippen molar-refractivity contribution in [3.8, 4) is 23.0 Å². The zero-order valence-electron chi connectivity index (χ0n) is 18.7. The molecule has 0 N–H and O–H groups in total. The van der Waals surface area contributed by atoms with Crippen LogP contribution in [0.3, 0.4) is 0 Å². The van der Waals surface area contributed by atoms with Gasteiger partial charge in [0.25, 0.3) is 0 Å². The predicted molar refractivity (Wildman–Crippen MR) is 128 cm³/mol. The largest absolute Gasteiger partial charge is 0.493 e. The van der Waals surface area contributed by atoms with Crippen LogP contribution in [0.15, 0.2) is 60.1 Å². The molecular formula is C26H22FNO5S. The molecule has 0 radical (unpaired) electrons. The number of carbonyl (C=O) groups is 2. The minimum Gasteiger partial charge on any atom is -0.493 e. The number of pyridine rings is 1. The van der Waals surface area contributed by atoms with Gasteiger partial charge >= 0.3 is 0 Å². The van der Waals surface area contributed by atoms with Gasteiger partial charge < -0.3 is 14.2 Å². The van der Waals surface area contributed by atoms with E-state index >= 15 is 0 Å². The first kappa shape index (κ1) is 23.4. The molecule has 0 aliphatic rings. The molecule has 0 amide bonds. The minimum absolute atomic E-state index is 0.155. The average molecular weight is 480 g/mol. The Morgan fingerprint density at radius 3 is 2.41 bits per heavy atom. The van der Waals surface area contributed by atoms with Crippen molar-refractivity contribution in [1.82, 2.24) is 4.98 Å². The number of halogens is 1. The summed E-state index contributed by atoms with van der Waals surface area (Å²) in [4.78, 5) is 29.6. The molecule has 0 atom stereocenters. The van der Waals surface area contributed by atoms with Crippen molar-refractivity contribution < 1.29 is 28.2 Å². The summed E-state index contributed by atoms with van der Waals surface area (Å²) in [5, 5.41) is 2.55. The Balaban J connectivity index is 1.46. The molecule has 6 nitrogen and oxygen atoms in total. The van der Waals surface area contributed by atoms with Gasteiger partial charge in [-0.2, -0.15) is 0 Å². The Kier molecular flexibility index (Phi) is 7.18. The van der Waals surface area contributed by atoms with Crippen molar-refractivity contribution in [2.75, 3.05) is 14.2 Å².